The minimum Gasteiger partial charge on any atom is -0.334 e. The van der Waals surface area contributed by atoms with Crippen LogP contribution < -0.4 is 0 Å². The second-order valence-corrected chi connectivity index (χ2v) is 2.65. The number of hydrogen-bond donors (Lipinski definition) is 0. The number of aromatic nitrogens is 3. The molecule has 0 radical (unpaired) electrons. The summed E-state index contributed by atoms with van der Waals surface area (Å²) >= 11 is 0. The molecular weight excluding hydrogens is 138 g/mol. The molecule has 0 unspecified atom stereocenters. The van der Waals surface area contributed by atoms with E-state index in [-0.39, 0.29) is 0 Å². The Morgan fingerprint density at radius 3 is 2.73 bits per heavy atom. The lowest BCUT2D eigenvalue weighted by Gasteiger charge is -1.90. The second kappa shape index (κ2) is 2.05. The van der Waals surface area contributed by atoms with E-state index >= 15 is 0 Å². The van der Waals surface area contributed by atoms with E-state index < -0.39 is 0 Å². The molecule has 0 amide bonds. The summed E-state index contributed by atoms with van der Waals surface area (Å²) in [5.41, 5.74) is 3.12. The molecule has 0 aromatic carbocycles. The molecule has 0 aliphatic carbocycles. The summed E-state index contributed by atoms with van der Waals surface area (Å²) in [4.78, 5) is 8.42. The molecule has 2 aromatic rings. The highest BCUT2D eigenvalue weighted by Crippen LogP contribution is 2.13. The van der Waals surface area contributed by atoms with Gasteiger partial charge < -0.3 is 4.57 Å². The van der Waals surface area contributed by atoms with Crippen LogP contribution in [0.2, 0.25) is 0 Å². The van der Waals surface area contributed by atoms with Crippen LogP contribution in [0.5, 0.6) is 0 Å². The van der Waals surface area contributed by atoms with Crippen molar-refractivity contribution in [1.29, 1.82) is 0 Å². The average Bonchev–Trinajstić information content (AvgIpc) is 2.30. The molecule has 0 bridgehead atoms. The van der Waals surface area contributed by atoms with Crippen molar-refractivity contribution in [3.8, 4) is 0 Å². The first-order chi connectivity index (χ1) is 5.29. The van der Waals surface area contributed by atoms with Crippen molar-refractivity contribution in [2.24, 2.45) is 7.05 Å². The maximum absolute atomic E-state index is 4.22. The summed E-state index contributed by atoms with van der Waals surface area (Å²) in [6, 6.07) is 0. The van der Waals surface area contributed by atoms with E-state index in [2.05, 4.69) is 9.97 Å². The first kappa shape index (κ1) is 6.34. The van der Waals surface area contributed by atoms with Crippen LogP contribution in [-0.2, 0) is 7.05 Å². The molecule has 2 heterocycles. The zero-order valence-corrected chi connectivity index (χ0v) is 6.57. The van der Waals surface area contributed by atoms with Crippen LogP contribution >= 0.6 is 0 Å². The van der Waals surface area contributed by atoms with E-state index in [1.165, 1.54) is 5.56 Å². The highest BCUT2D eigenvalue weighted by Gasteiger charge is 2.02. The van der Waals surface area contributed by atoms with Gasteiger partial charge in [0.05, 0.1) is 0 Å². The summed E-state index contributed by atoms with van der Waals surface area (Å²) in [6.45, 7) is 2.04. The fourth-order valence-corrected chi connectivity index (χ4v) is 1.28. The minimum atomic E-state index is 0.949. The Morgan fingerprint density at radius 1 is 1.27 bits per heavy atom. The molecule has 0 saturated heterocycles. The van der Waals surface area contributed by atoms with E-state index in [0.29, 0.717) is 0 Å². The Bertz CT molecular complexity index is 353. The fourth-order valence-electron chi connectivity index (χ4n) is 1.28. The molecule has 0 spiro atoms. The minimum absolute atomic E-state index is 0.949. The summed E-state index contributed by atoms with van der Waals surface area (Å²) in [7, 11) is 1.98. The standard InChI is InChI=1S/C8H9N3/c1-6-5-11(2)8-7(6)9-3-4-10-8/h3-5H,1-2H3. The van der Waals surface area contributed by atoms with Crippen molar-refractivity contribution in [2.45, 2.75) is 6.92 Å². The van der Waals surface area contributed by atoms with Crippen molar-refractivity contribution in [3.63, 3.8) is 0 Å². The van der Waals surface area contributed by atoms with Crippen molar-refractivity contribution in [1.82, 2.24) is 14.5 Å². The molecule has 11 heavy (non-hydrogen) atoms. The van der Waals surface area contributed by atoms with Gasteiger partial charge in [0.15, 0.2) is 5.65 Å². The maximum atomic E-state index is 4.22. The summed E-state index contributed by atoms with van der Waals surface area (Å²) < 4.78 is 1.98. The van der Waals surface area contributed by atoms with E-state index in [1.54, 1.807) is 12.4 Å². The van der Waals surface area contributed by atoms with Gasteiger partial charge in [-0.15, -0.1) is 0 Å². The van der Waals surface area contributed by atoms with Crippen molar-refractivity contribution in [2.75, 3.05) is 0 Å². The predicted octanol–water partition coefficient (Wildman–Crippen LogP) is 1.28. The average molecular weight is 147 g/mol. The van der Waals surface area contributed by atoms with Crippen LogP contribution in [0.15, 0.2) is 18.6 Å². The van der Waals surface area contributed by atoms with Gasteiger partial charge in [-0.2, -0.15) is 0 Å². The summed E-state index contributed by atoms with van der Waals surface area (Å²) in [5.74, 6) is 0. The van der Waals surface area contributed by atoms with Gasteiger partial charge in [-0.25, -0.2) is 4.98 Å². The molecule has 0 atom stereocenters. The lowest BCUT2D eigenvalue weighted by atomic mass is 10.3. The molecule has 0 saturated carbocycles. The first-order valence-corrected chi connectivity index (χ1v) is 3.51. The van der Waals surface area contributed by atoms with Crippen LogP contribution in [0.25, 0.3) is 11.2 Å². The third kappa shape index (κ3) is 0.808. The van der Waals surface area contributed by atoms with E-state index in [1.807, 2.05) is 24.7 Å². The third-order valence-corrected chi connectivity index (χ3v) is 1.77. The summed E-state index contributed by atoms with van der Waals surface area (Å²) in [5, 5.41) is 0. The van der Waals surface area contributed by atoms with Crippen molar-refractivity contribution < 1.29 is 0 Å². The van der Waals surface area contributed by atoms with Crippen molar-refractivity contribution >= 4 is 11.2 Å². The van der Waals surface area contributed by atoms with Crippen molar-refractivity contribution in [3.05, 3.63) is 24.2 Å². The summed E-state index contributed by atoms with van der Waals surface area (Å²) in [6.07, 6.45) is 5.46. The highest BCUT2D eigenvalue weighted by molar-refractivity contribution is 5.74. The topological polar surface area (TPSA) is 30.7 Å². The normalized spacial score (nSPS) is 10.7. The Morgan fingerprint density at radius 2 is 2.00 bits per heavy atom. The van der Waals surface area contributed by atoms with Gasteiger partial charge in [-0.1, -0.05) is 0 Å². The number of fused-ring (bicyclic) bond motifs is 1. The lowest BCUT2D eigenvalue weighted by Crippen LogP contribution is -1.87. The zero-order chi connectivity index (χ0) is 7.84. The molecular formula is C8H9N3. The van der Waals surface area contributed by atoms with Crippen LogP contribution in [0, 0.1) is 6.92 Å². The smallest absolute Gasteiger partial charge is 0.158 e. The van der Waals surface area contributed by atoms with E-state index in [0.717, 1.165) is 11.2 Å². The third-order valence-electron chi connectivity index (χ3n) is 1.77. The Labute approximate surface area is 64.7 Å². The quantitative estimate of drug-likeness (QED) is 0.562. The van der Waals surface area contributed by atoms with Crippen LogP contribution in [0.1, 0.15) is 5.56 Å². The van der Waals surface area contributed by atoms with Gasteiger partial charge >= 0.3 is 0 Å². The monoisotopic (exact) mass is 147 g/mol. The van der Waals surface area contributed by atoms with Gasteiger partial charge in [-0.05, 0) is 12.5 Å². The highest BCUT2D eigenvalue weighted by atomic mass is 15.0. The van der Waals surface area contributed by atoms with Gasteiger partial charge in [0, 0.05) is 25.6 Å². The van der Waals surface area contributed by atoms with Gasteiger partial charge in [0.25, 0.3) is 0 Å². The number of aryl methyl sites for hydroxylation is 2. The van der Waals surface area contributed by atoms with E-state index in [9.17, 15) is 0 Å². The molecule has 3 nitrogen and oxygen atoms in total. The Hall–Kier alpha value is -1.38. The fraction of sp³-hybridized carbons (Fsp3) is 0.250. The van der Waals surface area contributed by atoms with Gasteiger partial charge in [0.1, 0.15) is 5.52 Å². The van der Waals surface area contributed by atoms with Gasteiger partial charge in [-0.3, -0.25) is 4.98 Å². The zero-order valence-electron chi connectivity index (χ0n) is 6.57. The molecule has 56 valence electrons. The largest absolute Gasteiger partial charge is 0.334 e. The number of nitrogens with zero attached hydrogens (tertiary/aromatic N) is 3. The molecule has 0 aliphatic rings. The van der Waals surface area contributed by atoms with Crippen LogP contribution in [-0.4, -0.2) is 14.5 Å². The lowest BCUT2D eigenvalue weighted by molar-refractivity contribution is 0.942. The Kier molecular flexibility index (Phi) is 1.18. The molecule has 2 aromatic heterocycles. The molecule has 2 rings (SSSR count). The predicted molar refractivity (Wildman–Crippen MR) is 43.2 cm³/mol. The molecule has 0 fully saturated rings. The second-order valence-electron chi connectivity index (χ2n) is 2.65. The molecule has 3 heteroatoms. The Balaban J connectivity index is 2.95. The number of hydrogen-bond acceptors (Lipinski definition) is 2. The maximum Gasteiger partial charge on any atom is 0.158 e. The molecule has 0 aliphatic heterocycles. The van der Waals surface area contributed by atoms with Crippen LogP contribution in [0.4, 0.5) is 0 Å². The first-order valence-electron chi connectivity index (χ1n) is 3.51. The number of rotatable bonds is 0. The van der Waals surface area contributed by atoms with Crippen LogP contribution in [0.3, 0.4) is 0 Å². The SMILES string of the molecule is Cc1cn(C)c2nccnc12. The molecule has 0 N–H and O–H groups in total. The van der Waals surface area contributed by atoms with E-state index in [4.69, 9.17) is 0 Å². The van der Waals surface area contributed by atoms with Gasteiger partial charge in [0.2, 0.25) is 0 Å².